The second-order valence-electron chi connectivity index (χ2n) is 6.38. The van der Waals surface area contributed by atoms with Gasteiger partial charge in [-0.2, -0.15) is 4.31 Å². The summed E-state index contributed by atoms with van der Waals surface area (Å²) in [6, 6.07) is 10.2. The van der Waals surface area contributed by atoms with Crippen molar-refractivity contribution in [2.24, 2.45) is 5.73 Å². The van der Waals surface area contributed by atoms with Crippen LogP contribution in [0.5, 0.6) is 0 Å². The molecule has 0 radical (unpaired) electrons. The van der Waals surface area contributed by atoms with Gasteiger partial charge < -0.3 is 15.8 Å². The summed E-state index contributed by atoms with van der Waals surface area (Å²) < 4.78 is 46.0. The Labute approximate surface area is 167 Å². The number of halogens is 1. The molecular weight excluding hydrogens is 401 g/mol. The van der Waals surface area contributed by atoms with E-state index in [1.54, 1.807) is 30.3 Å². The highest BCUT2D eigenvalue weighted by Crippen LogP contribution is 2.22. The molecule has 3 rings (SSSR count). The fourth-order valence-electron chi connectivity index (χ4n) is 2.95. The molecule has 154 valence electrons. The van der Waals surface area contributed by atoms with Gasteiger partial charge in [0, 0.05) is 18.7 Å². The fraction of sp³-hybridized carbons (Fsp3) is 0.263. The van der Waals surface area contributed by atoms with Gasteiger partial charge >= 0.3 is 0 Å². The highest BCUT2D eigenvalue weighted by atomic mass is 32.2. The van der Waals surface area contributed by atoms with E-state index in [0.717, 1.165) is 22.5 Å². The van der Waals surface area contributed by atoms with Crippen LogP contribution in [0.2, 0.25) is 0 Å². The maximum absolute atomic E-state index is 14.3. The van der Waals surface area contributed by atoms with Gasteiger partial charge in [0.25, 0.3) is 5.91 Å². The first kappa shape index (κ1) is 20.9. The molecule has 1 saturated heterocycles. The Morgan fingerprint density at radius 3 is 2.38 bits per heavy atom. The Bertz CT molecular complexity index is 1010. The van der Waals surface area contributed by atoms with Gasteiger partial charge in [0.15, 0.2) is 0 Å². The third-order valence-corrected chi connectivity index (χ3v) is 6.39. The Hall–Kier alpha value is -2.82. The summed E-state index contributed by atoms with van der Waals surface area (Å²) in [6.07, 6.45) is 0. The molecule has 1 aliphatic rings. The summed E-state index contributed by atoms with van der Waals surface area (Å²) in [4.78, 5) is 23.8. The molecule has 8 nitrogen and oxygen atoms in total. The van der Waals surface area contributed by atoms with E-state index in [9.17, 15) is 22.4 Å². The van der Waals surface area contributed by atoms with E-state index < -0.39 is 38.6 Å². The zero-order valence-electron chi connectivity index (χ0n) is 15.4. The van der Waals surface area contributed by atoms with Crippen molar-refractivity contribution in [3.8, 4) is 0 Å². The van der Waals surface area contributed by atoms with E-state index in [-0.39, 0.29) is 31.9 Å². The average molecular weight is 421 g/mol. The fourth-order valence-corrected chi connectivity index (χ4v) is 4.45. The molecule has 0 aliphatic carbocycles. The SMILES string of the molecule is NC(=O)C(NC(=O)c1ccc(F)c(S(=O)(=O)N2CCOCC2)c1)c1ccccc1. The molecule has 0 spiro atoms. The number of amides is 2. The van der Waals surface area contributed by atoms with E-state index in [1.165, 1.54) is 0 Å². The third kappa shape index (κ3) is 4.61. The van der Waals surface area contributed by atoms with Crippen LogP contribution in [0.3, 0.4) is 0 Å². The molecule has 2 aromatic carbocycles. The normalized spacial score (nSPS) is 16.2. The standard InChI is InChI=1S/C19H20FN3O5S/c20-15-7-6-14(12-16(15)29(26,27)23-8-10-28-11-9-23)19(25)22-17(18(21)24)13-4-2-1-3-5-13/h1-7,12,17H,8-11H2,(H2,21,24)(H,22,25). The number of hydrogen-bond donors (Lipinski definition) is 2. The van der Waals surface area contributed by atoms with Crippen LogP contribution in [0.4, 0.5) is 4.39 Å². The largest absolute Gasteiger partial charge is 0.379 e. The second kappa shape index (κ2) is 8.68. The number of carbonyl (C=O) groups excluding carboxylic acids is 2. The quantitative estimate of drug-likeness (QED) is 0.715. The summed E-state index contributed by atoms with van der Waals surface area (Å²) >= 11 is 0. The predicted molar refractivity (Wildman–Crippen MR) is 102 cm³/mol. The predicted octanol–water partition coefficient (Wildman–Crippen LogP) is 0.803. The van der Waals surface area contributed by atoms with Crippen molar-refractivity contribution in [2.75, 3.05) is 26.3 Å². The van der Waals surface area contributed by atoms with Gasteiger partial charge in [0.05, 0.1) is 13.2 Å². The van der Waals surface area contributed by atoms with Gasteiger partial charge in [-0.15, -0.1) is 0 Å². The minimum absolute atomic E-state index is 0.0932. The number of sulfonamides is 1. The van der Waals surface area contributed by atoms with Crippen molar-refractivity contribution >= 4 is 21.8 Å². The molecule has 29 heavy (non-hydrogen) atoms. The Kier molecular flexibility index (Phi) is 6.26. The third-order valence-electron chi connectivity index (χ3n) is 4.47. The van der Waals surface area contributed by atoms with Crippen LogP contribution in [-0.4, -0.2) is 50.8 Å². The zero-order chi connectivity index (χ0) is 21.0. The number of primary amides is 1. The molecule has 1 aliphatic heterocycles. The first-order chi connectivity index (χ1) is 13.8. The number of ether oxygens (including phenoxy) is 1. The van der Waals surface area contributed by atoms with E-state index in [4.69, 9.17) is 10.5 Å². The molecule has 1 fully saturated rings. The molecular formula is C19H20FN3O5S. The number of benzene rings is 2. The van der Waals surface area contributed by atoms with Crippen LogP contribution in [0.1, 0.15) is 22.0 Å². The minimum Gasteiger partial charge on any atom is -0.379 e. The number of morpholine rings is 1. The minimum atomic E-state index is -4.14. The maximum Gasteiger partial charge on any atom is 0.252 e. The average Bonchev–Trinajstić information content (AvgIpc) is 2.73. The van der Waals surface area contributed by atoms with E-state index >= 15 is 0 Å². The Morgan fingerprint density at radius 1 is 1.10 bits per heavy atom. The van der Waals surface area contributed by atoms with Crippen LogP contribution < -0.4 is 11.1 Å². The van der Waals surface area contributed by atoms with Gasteiger partial charge in [0.1, 0.15) is 16.8 Å². The Morgan fingerprint density at radius 2 is 1.76 bits per heavy atom. The molecule has 3 N–H and O–H groups in total. The summed E-state index contributed by atoms with van der Waals surface area (Å²) in [5.41, 5.74) is 5.75. The number of rotatable bonds is 6. The zero-order valence-corrected chi connectivity index (χ0v) is 16.2. The highest BCUT2D eigenvalue weighted by Gasteiger charge is 2.30. The topological polar surface area (TPSA) is 119 Å². The molecule has 0 aromatic heterocycles. The van der Waals surface area contributed by atoms with Crippen molar-refractivity contribution in [3.05, 3.63) is 65.5 Å². The summed E-state index contributed by atoms with van der Waals surface area (Å²) in [7, 11) is -4.14. The van der Waals surface area contributed by atoms with Crippen molar-refractivity contribution in [1.82, 2.24) is 9.62 Å². The number of hydrogen-bond acceptors (Lipinski definition) is 5. The van der Waals surface area contributed by atoms with E-state index in [2.05, 4.69) is 5.32 Å². The molecule has 0 saturated carbocycles. The van der Waals surface area contributed by atoms with Gasteiger partial charge in [-0.1, -0.05) is 30.3 Å². The first-order valence-electron chi connectivity index (χ1n) is 8.83. The van der Waals surface area contributed by atoms with Crippen LogP contribution in [0.25, 0.3) is 0 Å². The first-order valence-corrected chi connectivity index (χ1v) is 10.3. The lowest BCUT2D eigenvalue weighted by Gasteiger charge is -2.26. The number of nitrogens with zero attached hydrogens (tertiary/aromatic N) is 1. The molecule has 10 heteroatoms. The van der Waals surface area contributed by atoms with E-state index in [1.807, 2.05) is 0 Å². The molecule has 1 heterocycles. The van der Waals surface area contributed by atoms with E-state index in [0.29, 0.717) is 5.56 Å². The van der Waals surface area contributed by atoms with Gasteiger partial charge in [0.2, 0.25) is 15.9 Å². The highest BCUT2D eigenvalue weighted by molar-refractivity contribution is 7.89. The smallest absolute Gasteiger partial charge is 0.252 e. The molecule has 1 unspecified atom stereocenters. The second-order valence-corrected chi connectivity index (χ2v) is 8.29. The number of carbonyl (C=O) groups is 2. The lowest BCUT2D eigenvalue weighted by Crippen LogP contribution is -2.41. The van der Waals surface area contributed by atoms with Crippen LogP contribution in [0, 0.1) is 5.82 Å². The number of nitrogens with two attached hydrogens (primary N) is 1. The van der Waals surface area contributed by atoms with Crippen molar-refractivity contribution in [3.63, 3.8) is 0 Å². The molecule has 2 aromatic rings. The molecule has 0 bridgehead atoms. The van der Waals surface area contributed by atoms with Crippen LogP contribution in [0.15, 0.2) is 53.4 Å². The maximum atomic E-state index is 14.3. The lowest BCUT2D eigenvalue weighted by atomic mass is 10.1. The summed E-state index contributed by atoms with van der Waals surface area (Å²) in [6.45, 7) is 0.600. The van der Waals surface area contributed by atoms with Crippen LogP contribution in [-0.2, 0) is 19.6 Å². The number of nitrogens with one attached hydrogen (secondary N) is 1. The summed E-state index contributed by atoms with van der Waals surface area (Å²) in [5.74, 6) is -2.51. The monoisotopic (exact) mass is 421 g/mol. The van der Waals surface area contributed by atoms with Crippen molar-refractivity contribution in [1.29, 1.82) is 0 Å². The van der Waals surface area contributed by atoms with Gasteiger partial charge in [-0.05, 0) is 23.8 Å². The van der Waals surface area contributed by atoms with Gasteiger partial charge in [-0.3, -0.25) is 9.59 Å². The van der Waals surface area contributed by atoms with Crippen molar-refractivity contribution < 1.29 is 27.1 Å². The molecule has 2 amide bonds. The Balaban J connectivity index is 1.88. The summed E-state index contributed by atoms with van der Waals surface area (Å²) in [5, 5.41) is 2.46. The molecule has 1 atom stereocenters. The van der Waals surface area contributed by atoms with Gasteiger partial charge in [-0.25, -0.2) is 12.8 Å². The van der Waals surface area contributed by atoms with Crippen LogP contribution >= 0.6 is 0 Å². The lowest BCUT2D eigenvalue weighted by molar-refractivity contribution is -0.120. The van der Waals surface area contributed by atoms with Crippen molar-refractivity contribution in [2.45, 2.75) is 10.9 Å².